The average molecular weight is 254 g/mol. The van der Waals surface area contributed by atoms with E-state index in [4.69, 9.17) is 4.74 Å². The molecule has 4 nitrogen and oxygen atoms in total. The van der Waals surface area contributed by atoms with Gasteiger partial charge in [0.25, 0.3) is 0 Å². The summed E-state index contributed by atoms with van der Waals surface area (Å²) in [6, 6.07) is 2.17. The van der Waals surface area contributed by atoms with Crippen molar-refractivity contribution in [1.29, 1.82) is 0 Å². The lowest BCUT2D eigenvalue weighted by atomic mass is 10.1. The number of urea groups is 1. The summed E-state index contributed by atoms with van der Waals surface area (Å²) in [5.41, 5.74) is 1.29. The fraction of sp³-hybridized carbons (Fsp3) is 0.583. The van der Waals surface area contributed by atoms with Gasteiger partial charge in [-0.1, -0.05) is 0 Å². The van der Waals surface area contributed by atoms with Gasteiger partial charge in [-0.3, -0.25) is 0 Å². The van der Waals surface area contributed by atoms with Crippen molar-refractivity contribution in [2.75, 3.05) is 20.3 Å². The zero-order chi connectivity index (χ0) is 12.3. The third-order valence-electron chi connectivity index (χ3n) is 2.88. The SMILES string of the molecule is COCC(C)NC(=O)N1CCc2sccc2C1. The molecule has 0 saturated heterocycles. The van der Waals surface area contributed by atoms with Crippen molar-refractivity contribution in [2.45, 2.75) is 25.9 Å². The highest BCUT2D eigenvalue weighted by molar-refractivity contribution is 7.10. The minimum absolute atomic E-state index is 0.00593. The normalized spacial score (nSPS) is 16.5. The highest BCUT2D eigenvalue weighted by atomic mass is 32.1. The molecule has 0 fully saturated rings. The van der Waals surface area contributed by atoms with E-state index in [1.807, 2.05) is 11.8 Å². The Balaban J connectivity index is 1.90. The van der Waals surface area contributed by atoms with E-state index >= 15 is 0 Å². The van der Waals surface area contributed by atoms with Gasteiger partial charge in [-0.05, 0) is 30.4 Å². The molecular weight excluding hydrogens is 236 g/mol. The van der Waals surface area contributed by atoms with Crippen LogP contribution in [0.25, 0.3) is 0 Å². The number of fused-ring (bicyclic) bond motifs is 1. The molecule has 0 aliphatic carbocycles. The zero-order valence-corrected chi connectivity index (χ0v) is 11.0. The van der Waals surface area contributed by atoms with Crippen LogP contribution in [0.5, 0.6) is 0 Å². The van der Waals surface area contributed by atoms with Gasteiger partial charge in [0.1, 0.15) is 0 Å². The van der Waals surface area contributed by atoms with Crippen molar-refractivity contribution < 1.29 is 9.53 Å². The molecule has 1 atom stereocenters. The van der Waals surface area contributed by atoms with Crippen LogP contribution in [0.15, 0.2) is 11.4 Å². The van der Waals surface area contributed by atoms with Gasteiger partial charge in [-0.15, -0.1) is 11.3 Å². The molecular formula is C12H18N2O2S. The number of methoxy groups -OCH3 is 1. The summed E-state index contributed by atoms with van der Waals surface area (Å²) in [5.74, 6) is 0. The van der Waals surface area contributed by atoms with E-state index < -0.39 is 0 Å². The Kier molecular flexibility index (Phi) is 4.02. The smallest absolute Gasteiger partial charge is 0.317 e. The van der Waals surface area contributed by atoms with Crippen LogP contribution in [0.2, 0.25) is 0 Å². The van der Waals surface area contributed by atoms with Crippen LogP contribution in [-0.2, 0) is 17.7 Å². The van der Waals surface area contributed by atoms with Crippen LogP contribution in [-0.4, -0.2) is 37.2 Å². The molecule has 1 aliphatic heterocycles. The van der Waals surface area contributed by atoms with E-state index in [9.17, 15) is 4.79 Å². The number of ether oxygens (including phenoxy) is 1. The van der Waals surface area contributed by atoms with Crippen molar-refractivity contribution in [2.24, 2.45) is 0 Å². The lowest BCUT2D eigenvalue weighted by molar-refractivity contribution is 0.157. The first kappa shape index (κ1) is 12.4. The predicted octanol–water partition coefficient (Wildman–Crippen LogP) is 1.85. The topological polar surface area (TPSA) is 41.6 Å². The third-order valence-corrected chi connectivity index (χ3v) is 3.90. The monoisotopic (exact) mass is 254 g/mol. The molecule has 0 saturated carbocycles. The molecule has 1 aliphatic rings. The number of nitrogens with zero attached hydrogens (tertiary/aromatic N) is 1. The quantitative estimate of drug-likeness (QED) is 0.894. The van der Waals surface area contributed by atoms with Gasteiger partial charge >= 0.3 is 6.03 Å². The van der Waals surface area contributed by atoms with E-state index in [1.54, 1.807) is 18.4 Å². The van der Waals surface area contributed by atoms with Gasteiger partial charge in [0.15, 0.2) is 0 Å². The second kappa shape index (κ2) is 5.51. The lowest BCUT2D eigenvalue weighted by Gasteiger charge is -2.28. The molecule has 5 heteroatoms. The Morgan fingerprint density at radius 1 is 1.71 bits per heavy atom. The van der Waals surface area contributed by atoms with E-state index in [2.05, 4.69) is 16.8 Å². The predicted molar refractivity (Wildman–Crippen MR) is 68.3 cm³/mol. The van der Waals surface area contributed by atoms with Crippen LogP contribution in [0.3, 0.4) is 0 Å². The first-order chi connectivity index (χ1) is 8.20. The van der Waals surface area contributed by atoms with Crippen LogP contribution < -0.4 is 5.32 Å². The lowest BCUT2D eigenvalue weighted by Crippen LogP contribution is -2.46. The maximum atomic E-state index is 12.0. The second-order valence-electron chi connectivity index (χ2n) is 4.35. The van der Waals surface area contributed by atoms with Crippen LogP contribution in [0.4, 0.5) is 4.79 Å². The maximum Gasteiger partial charge on any atom is 0.317 e. The van der Waals surface area contributed by atoms with E-state index in [0.29, 0.717) is 6.61 Å². The third kappa shape index (κ3) is 2.98. The van der Waals surface area contributed by atoms with Crippen LogP contribution in [0.1, 0.15) is 17.4 Å². The molecule has 2 amide bonds. The average Bonchev–Trinajstić information content (AvgIpc) is 2.75. The summed E-state index contributed by atoms with van der Waals surface area (Å²) in [6.07, 6.45) is 0.971. The van der Waals surface area contributed by atoms with Crippen LogP contribution in [0, 0.1) is 0 Å². The summed E-state index contributed by atoms with van der Waals surface area (Å²) >= 11 is 1.78. The molecule has 2 rings (SSSR count). The van der Waals surface area contributed by atoms with Gasteiger partial charge in [-0.25, -0.2) is 4.79 Å². The number of carbonyl (C=O) groups is 1. The largest absolute Gasteiger partial charge is 0.383 e. The summed E-state index contributed by atoms with van der Waals surface area (Å²) < 4.78 is 5.00. The highest BCUT2D eigenvalue weighted by Gasteiger charge is 2.22. The molecule has 0 aromatic carbocycles. The van der Waals surface area contributed by atoms with E-state index in [0.717, 1.165) is 19.5 Å². The molecule has 1 aromatic rings. The number of carbonyl (C=O) groups excluding carboxylic acids is 1. The fourth-order valence-electron chi connectivity index (χ4n) is 2.02. The first-order valence-electron chi connectivity index (χ1n) is 5.80. The molecule has 0 spiro atoms. The van der Waals surface area contributed by atoms with Gasteiger partial charge in [0.05, 0.1) is 12.6 Å². The molecule has 0 radical (unpaired) electrons. The van der Waals surface area contributed by atoms with Crippen molar-refractivity contribution in [3.05, 3.63) is 21.9 Å². The minimum atomic E-state index is 0.00593. The van der Waals surface area contributed by atoms with Gasteiger partial charge < -0.3 is 15.0 Å². The molecule has 17 heavy (non-hydrogen) atoms. The molecule has 1 aromatic heterocycles. The molecule has 1 unspecified atom stereocenters. The second-order valence-corrected chi connectivity index (χ2v) is 5.35. The Morgan fingerprint density at radius 2 is 2.53 bits per heavy atom. The van der Waals surface area contributed by atoms with Gasteiger partial charge in [-0.2, -0.15) is 0 Å². The number of rotatable bonds is 3. The van der Waals surface area contributed by atoms with E-state index in [-0.39, 0.29) is 12.1 Å². The summed E-state index contributed by atoms with van der Waals surface area (Å²) in [6.45, 7) is 4.02. The standard InChI is InChI=1S/C12H18N2O2S/c1-9(8-16-2)13-12(15)14-5-3-11-10(7-14)4-6-17-11/h4,6,9H,3,5,7-8H2,1-2H3,(H,13,15). The fourth-order valence-corrected chi connectivity index (χ4v) is 2.91. The number of nitrogens with one attached hydrogen (secondary N) is 1. The molecule has 94 valence electrons. The number of hydrogen-bond acceptors (Lipinski definition) is 3. The number of thiophene rings is 1. The Morgan fingerprint density at radius 3 is 3.29 bits per heavy atom. The van der Waals surface area contributed by atoms with Crippen molar-refractivity contribution in [3.8, 4) is 0 Å². The Labute approximate surface area is 106 Å². The minimum Gasteiger partial charge on any atom is -0.383 e. The van der Waals surface area contributed by atoms with Gasteiger partial charge in [0.2, 0.25) is 0 Å². The number of amides is 2. The van der Waals surface area contributed by atoms with E-state index in [1.165, 1.54) is 10.4 Å². The zero-order valence-electron chi connectivity index (χ0n) is 10.2. The maximum absolute atomic E-state index is 12.0. The van der Waals surface area contributed by atoms with Gasteiger partial charge in [0, 0.05) is 25.1 Å². The van der Waals surface area contributed by atoms with Crippen molar-refractivity contribution >= 4 is 17.4 Å². The Hall–Kier alpha value is -1.07. The summed E-state index contributed by atoms with van der Waals surface area (Å²) in [7, 11) is 1.64. The summed E-state index contributed by atoms with van der Waals surface area (Å²) in [5, 5.41) is 5.04. The summed E-state index contributed by atoms with van der Waals surface area (Å²) in [4.78, 5) is 15.3. The van der Waals surface area contributed by atoms with Crippen molar-refractivity contribution in [1.82, 2.24) is 10.2 Å². The van der Waals surface area contributed by atoms with Crippen molar-refractivity contribution in [3.63, 3.8) is 0 Å². The highest BCUT2D eigenvalue weighted by Crippen LogP contribution is 2.23. The Bertz CT molecular complexity index is 392. The molecule has 2 heterocycles. The van der Waals surface area contributed by atoms with Crippen LogP contribution >= 0.6 is 11.3 Å². The molecule has 0 bridgehead atoms. The molecule has 1 N–H and O–H groups in total. The number of hydrogen-bond donors (Lipinski definition) is 1. The first-order valence-corrected chi connectivity index (χ1v) is 6.68.